The molecule has 0 bridgehead atoms. The molecule has 0 unspecified atom stereocenters. The Balaban J connectivity index is 2.04. The van der Waals surface area contributed by atoms with E-state index in [9.17, 15) is 9.59 Å². The van der Waals surface area contributed by atoms with Crippen molar-refractivity contribution in [1.82, 2.24) is 0 Å². The molecule has 1 amide bonds. The van der Waals surface area contributed by atoms with Gasteiger partial charge in [-0.25, -0.2) is 4.99 Å². The number of unbranched alkanes of at least 4 members (excludes halogenated alkanes) is 4. The standard InChI is InChI=1S/C16H19NO2/c1-2-3-4-5-6-7-12-8-9-13-11-15(18)16(19)17-14(13)10-12/h8-11H,2-7H2,1H3. The Bertz CT molecular complexity index is 602. The number of aryl methyl sites for hydroxylation is 1. The van der Waals surface area contributed by atoms with E-state index in [-0.39, 0.29) is 0 Å². The molecule has 3 nitrogen and oxygen atoms in total. The highest BCUT2D eigenvalue weighted by Crippen LogP contribution is 2.07. The van der Waals surface area contributed by atoms with Crippen molar-refractivity contribution in [2.45, 2.75) is 45.4 Å². The number of benzene rings is 1. The van der Waals surface area contributed by atoms with Crippen LogP contribution in [0.2, 0.25) is 0 Å². The van der Waals surface area contributed by atoms with Crippen LogP contribution in [0.15, 0.2) is 23.2 Å². The zero-order valence-electron chi connectivity index (χ0n) is 11.3. The molecule has 1 aromatic carbocycles. The Hall–Kier alpha value is -1.77. The van der Waals surface area contributed by atoms with Crippen molar-refractivity contribution < 1.29 is 9.59 Å². The predicted octanol–water partition coefficient (Wildman–Crippen LogP) is 1.71. The van der Waals surface area contributed by atoms with E-state index in [4.69, 9.17) is 0 Å². The summed E-state index contributed by atoms with van der Waals surface area (Å²) in [4.78, 5) is 26.3. The minimum absolute atomic E-state index is 0.528. The first kappa shape index (κ1) is 13.7. The second kappa shape index (κ2) is 6.41. The molecule has 0 radical (unpaired) electrons. The van der Waals surface area contributed by atoms with Gasteiger partial charge in [-0.05, 0) is 24.5 Å². The maximum atomic E-state index is 11.3. The van der Waals surface area contributed by atoms with Crippen molar-refractivity contribution >= 4 is 17.8 Å². The molecule has 0 N–H and O–H groups in total. The molecule has 0 fully saturated rings. The van der Waals surface area contributed by atoms with Gasteiger partial charge in [0.1, 0.15) is 0 Å². The molecule has 0 aliphatic carbocycles. The van der Waals surface area contributed by atoms with Crippen molar-refractivity contribution in [3.05, 3.63) is 34.3 Å². The Morgan fingerprint density at radius 2 is 1.84 bits per heavy atom. The molecule has 19 heavy (non-hydrogen) atoms. The number of rotatable bonds is 6. The fraction of sp³-hybridized carbons (Fsp3) is 0.438. The SMILES string of the molecule is CCCCCCCc1ccc2c(c1)=NC(=O)C(=O)C=2. The summed E-state index contributed by atoms with van der Waals surface area (Å²) in [5.74, 6) is -1.19. The van der Waals surface area contributed by atoms with Gasteiger partial charge >= 0.3 is 5.91 Å². The van der Waals surface area contributed by atoms with Gasteiger partial charge < -0.3 is 0 Å². The van der Waals surface area contributed by atoms with Gasteiger partial charge in [0.15, 0.2) is 0 Å². The third-order valence-corrected chi connectivity index (χ3v) is 3.38. The molecule has 1 aliphatic rings. The van der Waals surface area contributed by atoms with E-state index in [1.165, 1.54) is 37.3 Å². The first-order chi connectivity index (χ1) is 9.20. The van der Waals surface area contributed by atoms with Gasteiger partial charge in [0.2, 0.25) is 5.78 Å². The molecule has 1 aromatic rings. The normalized spacial score (nSPS) is 13.7. The van der Waals surface area contributed by atoms with E-state index in [1.807, 2.05) is 18.2 Å². The van der Waals surface area contributed by atoms with Crippen LogP contribution in [0.1, 0.15) is 44.6 Å². The molecule has 3 heteroatoms. The minimum Gasteiger partial charge on any atom is -0.284 e. The van der Waals surface area contributed by atoms with E-state index in [1.54, 1.807) is 0 Å². The highest BCUT2D eigenvalue weighted by molar-refractivity contribution is 6.48. The second-order valence-electron chi connectivity index (χ2n) is 4.98. The summed E-state index contributed by atoms with van der Waals surface area (Å²) in [6.45, 7) is 2.21. The van der Waals surface area contributed by atoms with E-state index >= 15 is 0 Å². The second-order valence-corrected chi connectivity index (χ2v) is 4.98. The number of fused-ring (bicyclic) bond motifs is 1. The molecule has 0 saturated carbocycles. The Morgan fingerprint density at radius 1 is 1.05 bits per heavy atom. The molecule has 1 heterocycles. The van der Waals surface area contributed by atoms with Crippen LogP contribution in [0.3, 0.4) is 0 Å². The lowest BCUT2D eigenvalue weighted by Gasteiger charge is -2.03. The van der Waals surface area contributed by atoms with E-state index in [2.05, 4.69) is 11.9 Å². The summed E-state index contributed by atoms with van der Waals surface area (Å²) >= 11 is 0. The lowest BCUT2D eigenvalue weighted by atomic mass is 10.0. The fourth-order valence-electron chi connectivity index (χ4n) is 2.26. The topological polar surface area (TPSA) is 46.5 Å². The highest BCUT2D eigenvalue weighted by atomic mass is 16.2. The predicted molar refractivity (Wildman–Crippen MR) is 74.2 cm³/mol. The summed E-state index contributed by atoms with van der Waals surface area (Å²) < 4.78 is 0. The van der Waals surface area contributed by atoms with Gasteiger partial charge in [0.05, 0.1) is 5.36 Å². The Kier molecular flexibility index (Phi) is 4.61. The van der Waals surface area contributed by atoms with Crippen molar-refractivity contribution in [2.24, 2.45) is 4.99 Å². The average molecular weight is 257 g/mol. The van der Waals surface area contributed by atoms with Crippen molar-refractivity contribution in [1.29, 1.82) is 0 Å². The molecular formula is C16H19NO2. The smallest absolute Gasteiger partial charge is 0.284 e. The lowest BCUT2D eigenvalue weighted by Crippen LogP contribution is -2.34. The number of hydrogen-bond acceptors (Lipinski definition) is 2. The van der Waals surface area contributed by atoms with Gasteiger partial charge in [-0.15, -0.1) is 0 Å². The van der Waals surface area contributed by atoms with Crippen LogP contribution in [0.4, 0.5) is 0 Å². The molecule has 0 spiro atoms. The van der Waals surface area contributed by atoms with Gasteiger partial charge in [-0.1, -0.05) is 44.7 Å². The number of Topliss-reactive ketones (excluding diaryl/α,β-unsaturated/α-hetero) is 1. The number of ketones is 1. The van der Waals surface area contributed by atoms with Crippen LogP contribution < -0.4 is 10.6 Å². The van der Waals surface area contributed by atoms with Gasteiger partial charge in [0.25, 0.3) is 0 Å². The van der Waals surface area contributed by atoms with Crippen LogP contribution in [0, 0.1) is 0 Å². The molecule has 2 rings (SSSR count). The van der Waals surface area contributed by atoms with Crippen LogP contribution in [-0.2, 0) is 16.0 Å². The van der Waals surface area contributed by atoms with Gasteiger partial charge in [-0.2, -0.15) is 0 Å². The van der Waals surface area contributed by atoms with Gasteiger partial charge in [0, 0.05) is 11.3 Å². The summed E-state index contributed by atoms with van der Waals surface area (Å²) in [7, 11) is 0. The fourth-order valence-corrected chi connectivity index (χ4v) is 2.26. The van der Waals surface area contributed by atoms with Crippen LogP contribution >= 0.6 is 0 Å². The third kappa shape index (κ3) is 3.60. The quantitative estimate of drug-likeness (QED) is 0.575. The van der Waals surface area contributed by atoms with Crippen LogP contribution in [-0.4, -0.2) is 11.7 Å². The van der Waals surface area contributed by atoms with Crippen LogP contribution in [0.5, 0.6) is 0 Å². The molecule has 100 valence electrons. The maximum absolute atomic E-state index is 11.3. The molecule has 0 saturated heterocycles. The summed E-state index contributed by atoms with van der Waals surface area (Å²) in [5.41, 5.74) is 1.19. The number of hydrogen-bond donors (Lipinski definition) is 0. The summed E-state index contributed by atoms with van der Waals surface area (Å²) in [6, 6.07) is 5.83. The summed E-state index contributed by atoms with van der Waals surface area (Å²) in [6.07, 6.45) is 8.62. The highest BCUT2D eigenvalue weighted by Gasteiger charge is 2.13. The summed E-state index contributed by atoms with van der Waals surface area (Å²) in [5, 5.41) is 1.38. The number of amides is 1. The number of carbonyl (C=O) groups is 2. The third-order valence-electron chi connectivity index (χ3n) is 3.38. The van der Waals surface area contributed by atoms with Crippen molar-refractivity contribution in [3.8, 4) is 0 Å². The zero-order valence-corrected chi connectivity index (χ0v) is 11.3. The van der Waals surface area contributed by atoms with Crippen molar-refractivity contribution in [3.63, 3.8) is 0 Å². The average Bonchev–Trinajstić information content (AvgIpc) is 2.40. The lowest BCUT2D eigenvalue weighted by molar-refractivity contribution is -0.132. The van der Waals surface area contributed by atoms with Gasteiger partial charge in [-0.3, -0.25) is 9.59 Å². The zero-order chi connectivity index (χ0) is 13.7. The molecule has 0 atom stereocenters. The molecule has 0 aromatic heterocycles. The first-order valence-corrected chi connectivity index (χ1v) is 6.98. The Morgan fingerprint density at radius 3 is 2.63 bits per heavy atom. The largest absolute Gasteiger partial charge is 0.317 e. The molecule has 1 aliphatic heterocycles. The number of carbonyl (C=O) groups excluding carboxylic acids is 2. The van der Waals surface area contributed by atoms with E-state index in [0.29, 0.717) is 5.36 Å². The monoisotopic (exact) mass is 257 g/mol. The Labute approximate surface area is 113 Å². The van der Waals surface area contributed by atoms with E-state index < -0.39 is 11.7 Å². The maximum Gasteiger partial charge on any atom is 0.317 e. The number of nitrogens with zero attached hydrogens (tertiary/aromatic N) is 1. The molecular weight excluding hydrogens is 238 g/mol. The van der Waals surface area contributed by atoms with E-state index in [0.717, 1.165) is 18.1 Å². The van der Waals surface area contributed by atoms with Crippen molar-refractivity contribution in [2.75, 3.05) is 0 Å². The first-order valence-electron chi connectivity index (χ1n) is 6.98. The minimum atomic E-state index is -0.660. The van der Waals surface area contributed by atoms with Crippen LogP contribution in [0.25, 0.3) is 6.08 Å².